The zero-order valence-electron chi connectivity index (χ0n) is 10.5. The quantitative estimate of drug-likeness (QED) is 0.914. The molecule has 1 heterocycles. The van der Waals surface area contributed by atoms with Crippen LogP contribution in [-0.4, -0.2) is 19.1 Å². The number of hydrogen-bond donors (Lipinski definition) is 1. The first-order valence-electron chi connectivity index (χ1n) is 5.73. The lowest BCUT2D eigenvalue weighted by Gasteiger charge is -2.15. The number of anilines is 1. The van der Waals surface area contributed by atoms with E-state index in [9.17, 15) is 0 Å². The fourth-order valence-corrected chi connectivity index (χ4v) is 2.95. The van der Waals surface area contributed by atoms with Gasteiger partial charge < -0.3 is 10.2 Å². The summed E-state index contributed by atoms with van der Waals surface area (Å²) in [5.74, 6) is 0. The first-order valence-corrected chi connectivity index (χ1v) is 7.41. The summed E-state index contributed by atoms with van der Waals surface area (Å²) in [6, 6.07) is 8.36. The number of hydrogen-bond acceptors (Lipinski definition) is 4. The average Bonchev–Trinajstić information content (AvgIpc) is 2.78. The molecule has 0 aliphatic heterocycles. The number of halogens is 1. The van der Waals surface area contributed by atoms with Crippen molar-refractivity contribution in [2.24, 2.45) is 0 Å². The third-order valence-corrected chi connectivity index (χ3v) is 4.03. The molecule has 2 aromatic rings. The first-order chi connectivity index (χ1) is 8.69. The van der Waals surface area contributed by atoms with Crippen LogP contribution in [0, 0.1) is 0 Å². The molecule has 0 atom stereocenters. The van der Waals surface area contributed by atoms with Gasteiger partial charge in [0.25, 0.3) is 0 Å². The van der Waals surface area contributed by atoms with Crippen molar-refractivity contribution in [3.8, 4) is 0 Å². The molecule has 18 heavy (non-hydrogen) atoms. The summed E-state index contributed by atoms with van der Waals surface area (Å²) in [6.45, 7) is 1.69. The molecule has 0 spiro atoms. The van der Waals surface area contributed by atoms with Crippen molar-refractivity contribution < 1.29 is 0 Å². The smallest absolute Gasteiger partial charge is 0.185 e. The summed E-state index contributed by atoms with van der Waals surface area (Å²) in [4.78, 5) is 6.76. The Morgan fingerprint density at radius 2 is 2.28 bits per heavy atom. The Balaban J connectivity index is 2.04. The Morgan fingerprint density at radius 1 is 1.44 bits per heavy atom. The molecule has 0 unspecified atom stereocenters. The van der Waals surface area contributed by atoms with Crippen molar-refractivity contribution in [2.45, 2.75) is 13.1 Å². The van der Waals surface area contributed by atoms with E-state index in [4.69, 9.17) is 0 Å². The van der Waals surface area contributed by atoms with Crippen LogP contribution in [0.2, 0.25) is 0 Å². The van der Waals surface area contributed by atoms with Gasteiger partial charge in [-0.2, -0.15) is 0 Å². The number of aromatic nitrogens is 1. The fourth-order valence-electron chi connectivity index (χ4n) is 1.71. The second-order valence-electron chi connectivity index (χ2n) is 4.14. The van der Waals surface area contributed by atoms with Crippen LogP contribution in [0.3, 0.4) is 0 Å². The van der Waals surface area contributed by atoms with E-state index in [1.54, 1.807) is 11.3 Å². The zero-order chi connectivity index (χ0) is 13.0. The molecule has 2 rings (SSSR count). The summed E-state index contributed by atoms with van der Waals surface area (Å²) in [5, 5.41) is 6.27. The molecule has 0 aliphatic rings. The predicted octanol–water partition coefficient (Wildman–Crippen LogP) is 3.26. The van der Waals surface area contributed by atoms with E-state index in [1.165, 1.54) is 5.56 Å². The van der Waals surface area contributed by atoms with Gasteiger partial charge in [0, 0.05) is 30.0 Å². The summed E-state index contributed by atoms with van der Waals surface area (Å²) >= 11 is 5.18. The minimum atomic E-state index is 0.821. The number of rotatable bonds is 5. The highest BCUT2D eigenvalue weighted by molar-refractivity contribution is 9.10. The van der Waals surface area contributed by atoms with E-state index < -0.39 is 0 Å². The molecular weight excluding hydrogens is 310 g/mol. The molecule has 0 amide bonds. The minimum Gasteiger partial charge on any atom is -0.347 e. The topological polar surface area (TPSA) is 28.2 Å². The Bertz CT molecular complexity index is 512. The standard InChI is InChI=1S/C13H16BrN3S/c1-15-7-12-9-18-13(16-12)17(2)8-10-4-3-5-11(14)6-10/h3-6,9,15H,7-8H2,1-2H3. The third-order valence-electron chi connectivity index (χ3n) is 2.53. The van der Waals surface area contributed by atoms with Gasteiger partial charge >= 0.3 is 0 Å². The molecular formula is C13H16BrN3S. The van der Waals surface area contributed by atoms with Crippen molar-refractivity contribution in [3.05, 3.63) is 45.4 Å². The van der Waals surface area contributed by atoms with Crippen LogP contribution in [0.1, 0.15) is 11.3 Å². The molecule has 0 bridgehead atoms. The summed E-state index contributed by atoms with van der Waals surface area (Å²) in [5.41, 5.74) is 2.37. The van der Waals surface area contributed by atoms with Gasteiger partial charge in [-0.1, -0.05) is 28.1 Å². The van der Waals surface area contributed by atoms with E-state index >= 15 is 0 Å². The monoisotopic (exact) mass is 325 g/mol. The second kappa shape index (κ2) is 6.31. The third kappa shape index (κ3) is 3.54. The summed E-state index contributed by atoms with van der Waals surface area (Å²) in [6.07, 6.45) is 0. The van der Waals surface area contributed by atoms with Crippen LogP contribution in [0.25, 0.3) is 0 Å². The lowest BCUT2D eigenvalue weighted by molar-refractivity contribution is 0.792. The van der Waals surface area contributed by atoms with Gasteiger partial charge in [-0.3, -0.25) is 0 Å². The molecule has 1 aromatic heterocycles. The van der Waals surface area contributed by atoms with Crippen molar-refractivity contribution in [1.29, 1.82) is 0 Å². The number of nitrogens with one attached hydrogen (secondary N) is 1. The van der Waals surface area contributed by atoms with Crippen LogP contribution in [-0.2, 0) is 13.1 Å². The van der Waals surface area contributed by atoms with Gasteiger partial charge in [0.05, 0.1) is 5.69 Å². The van der Waals surface area contributed by atoms with E-state index in [1.807, 2.05) is 13.1 Å². The first kappa shape index (κ1) is 13.5. The summed E-state index contributed by atoms with van der Waals surface area (Å²) < 4.78 is 1.11. The normalized spacial score (nSPS) is 10.6. The van der Waals surface area contributed by atoms with Gasteiger partial charge in [0.2, 0.25) is 0 Å². The maximum atomic E-state index is 4.59. The Labute approximate surface area is 120 Å². The van der Waals surface area contributed by atoms with Crippen LogP contribution in [0.15, 0.2) is 34.1 Å². The largest absolute Gasteiger partial charge is 0.347 e. The molecule has 0 fully saturated rings. The maximum Gasteiger partial charge on any atom is 0.185 e. The van der Waals surface area contributed by atoms with Gasteiger partial charge in [-0.15, -0.1) is 11.3 Å². The van der Waals surface area contributed by atoms with E-state index in [-0.39, 0.29) is 0 Å². The average molecular weight is 326 g/mol. The number of benzene rings is 1. The second-order valence-corrected chi connectivity index (χ2v) is 5.89. The Hall–Kier alpha value is -0.910. The molecule has 0 saturated heterocycles. The van der Waals surface area contributed by atoms with Crippen molar-refractivity contribution in [1.82, 2.24) is 10.3 Å². The van der Waals surface area contributed by atoms with Crippen LogP contribution in [0.5, 0.6) is 0 Å². The van der Waals surface area contributed by atoms with Crippen molar-refractivity contribution in [2.75, 3.05) is 19.0 Å². The molecule has 1 N–H and O–H groups in total. The van der Waals surface area contributed by atoms with Crippen molar-refractivity contribution in [3.63, 3.8) is 0 Å². The fraction of sp³-hybridized carbons (Fsp3) is 0.308. The Morgan fingerprint density at radius 3 is 3.00 bits per heavy atom. The predicted molar refractivity (Wildman–Crippen MR) is 81.1 cm³/mol. The molecule has 0 saturated carbocycles. The Kier molecular flexibility index (Phi) is 4.74. The maximum absolute atomic E-state index is 4.59. The van der Waals surface area contributed by atoms with Gasteiger partial charge in [0.1, 0.15) is 0 Å². The number of thiazole rings is 1. The molecule has 1 aromatic carbocycles. The van der Waals surface area contributed by atoms with E-state index in [0.29, 0.717) is 0 Å². The highest BCUT2D eigenvalue weighted by atomic mass is 79.9. The van der Waals surface area contributed by atoms with Crippen LogP contribution < -0.4 is 10.2 Å². The SMILES string of the molecule is CNCc1csc(N(C)Cc2cccc(Br)c2)n1. The van der Waals surface area contributed by atoms with E-state index in [2.05, 4.69) is 61.8 Å². The van der Waals surface area contributed by atoms with Crippen molar-refractivity contribution >= 4 is 32.4 Å². The lowest BCUT2D eigenvalue weighted by Crippen LogP contribution is -2.16. The molecule has 3 nitrogen and oxygen atoms in total. The van der Waals surface area contributed by atoms with Gasteiger partial charge in [0.15, 0.2) is 5.13 Å². The highest BCUT2D eigenvalue weighted by Gasteiger charge is 2.07. The minimum absolute atomic E-state index is 0.821. The molecule has 96 valence electrons. The van der Waals surface area contributed by atoms with Gasteiger partial charge in [-0.25, -0.2) is 4.98 Å². The molecule has 0 radical (unpaired) electrons. The van der Waals surface area contributed by atoms with Crippen LogP contribution >= 0.6 is 27.3 Å². The van der Waals surface area contributed by atoms with Crippen LogP contribution in [0.4, 0.5) is 5.13 Å². The van der Waals surface area contributed by atoms with Gasteiger partial charge in [-0.05, 0) is 24.7 Å². The lowest BCUT2D eigenvalue weighted by atomic mass is 10.2. The molecule has 5 heteroatoms. The van der Waals surface area contributed by atoms with E-state index in [0.717, 1.165) is 28.4 Å². The molecule has 0 aliphatic carbocycles. The summed E-state index contributed by atoms with van der Waals surface area (Å²) in [7, 11) is 4.01. The number of nitrogens with zero attached hydrogens (tertiary/aromatic N) is 2. The highest BCUT2D eigenvalue weighted by Crippen LogP contribution is 2.21. The zero-order valence-corrected chi connectivity index (χ0v) is 12.9.